The zero-order chi connectivity index (χ0) is 14.9. The normalized spacial score (nSPS) is 26.3. The summed E-state index contributed by atoms with van der Waals surface area (Å²) < 4.78 is 32.9. The van der Waals surface area contributed by atoms with Crippen molar-refractivity contribution in [3.05, 3.63) is 28.8 Å². The first-order valence-corrected chi connectivity index (χ1v) is 8.37. The van der Waals surface area contributed by atoms with E-state index < -0.39 is 16.1 Å². The molecular formula is C13H19ClN2O3S. The number of benzene rings is 1. The molecule has 1 aromatic rings. The summed E-state index contributed by atoms with van der Waals surface area (Å²) in [4.78, 5) is 0.180. The molecule has 2 rings (SSSR count). The van der Waals surface area contributed by atoms with Crippen molar-refractivity contribution in [3.63, 3.8) is 0 Å². The van der Waals surface area contributed by atoms with Crippen molar-refractivity contribution in [1.29, 1.82) is 0 Å². The van der Waals surface area contributed by atoms with Gasteiger partial charge in [0.15, 0.2) is 0 Å². The number of nitrogens with one attached hydrogen (secondary N) is 1. The fraction of sp³-hybridized carbons (Fsp3) is 0.538. The fourth-order valence-corrected chi connectivity index (χ4v) is 4.13. The molecule has 3 N–H and O–H groups in total. The summed E-state index contributed by atoms with van der Waals surface area (Å²) in [6.45, 7) is 4.08. The van der Waals surface area contributed by atoms with Crippen LogP contribution >= 0.6 is 11.6 Å². The number of rotatable bonds is 5. The third kappa shape index (κ3) is 2.99. The van der Waals surface area contributed by atoms with Crippen molar-refractivity contribution in [3.8, 4) is 0 Å². The van der Waals surface area contributed by atoms with Crippen LogP contribution in [0.2, 0.25) is 5.02 Å². The first kappa shape index (κ1) is 15.7. The second kappa shape index (κ2) is 5.99. The van der Waals surface area contributed by atoms with E-state index in [2.05, 4.69) is 4.72 Å². The van der Waals surface area contributed by atoms with Crippen molar-refractivity contribution >= 4 is 21.6 Å². The van der Waals surface area contributed by atoms with Gasteiger partial charge in [0, 0.05) is 17.7 Å². The average Bonchev–Trinajstić information content (AvgIpc) is 2.39. The Morgan fingerprint density at radius 2 is 2.20 bits per heavy atom. The Kier molecular flexibility index (Phi) is 4.71. The van der Waals surface area contributed by atoms with E-state index in [0.29, 0.717) is 23.6 Å². The second-order valence-corrected chi connectivity index (χ2v) is 6.99. The first-order chi connectivity index (χ1) is 9.36. The number of halogens is 1. The van der Waals surface area contributed by atoms with Gasteiger partial charge in [-0.25, -0.2) is 13.1 Å². The molecule has 0 aromatic heterocycles. The monoisotopic (exact) mass is 318 g/mol. The maximum absolute atomic E-state index is 12.4. The molecule has 20 heavy (non-hydrogen) atoms. The summed E-state index contributed by atoms with van der Waals surface area (Å²) in [5, 5.41) is 0.423. The summed E-state index contributed by atoms with van der Waals surface area (Å²) >= 11 is 5.97. The highest BCUT2D eigenvalue weighted by molar-refractivity contribution is 7.89. The number of nitrogens with two attached hydrogens (primary N) is 1. The molecule has 0 spiro atoms. The van der Waals surface area contributed by atoms with Crippen molar-refractivity contribution in [1.82, 2.24) is 4.72 Å². The Hall–Kier alpha value is -0.660. The van der Waals surface area contributed by atoms with Crippen LogP contribution in [0.25, 0.3) is 0 Å². The summed E-state index contributed by atoms with van der Waals surface area (Å²) in [7, 11) is -3.65. The zero-order valence-electron chi connectivity index (χ0n) is 11.5. The standard InChI is InChI=1S/C13H19ClN2O3S/c1-3-19-11-7-10(15)13(11)16-20(17,18)12-6-4-5-9(14)8(12)2/h4-6,10-11,13,16H,3,7,15H2,1-2H3. The molecule has 5 nitrogen and oxygen atoms in total. The highest BCUT2D eigenvalue weighted by atomic mass is 35.5. The van der Waals surface area contributed by atoms with E-state index in [9.17, 15) is 8.42 Å². The SMILES string of the molecule is CCOC1CC(N)C1NS(=O)(=O)c1cccc(Cl)c1C. The van der Waals surface area contributed by atoms with Gasteiger partial charge in [-0.3, -0.25) is 0 Å². The first-order valence-electron chi connectivity index (χ1n) is 6.51. The van der Waals surface area contributed by atoms with Gasteiger partial charge in [-0.15, -0.1) is 0 Å². The Balaban J connectivity index is 2.21. The molecule has 0 amide bonds. The van der Waals surface area contributed by atoms with Crippen molar-refractivity contribution in [2.45, 2.75) is 43.4 Å². The van der Waals surface area contributed by atoms with Gasteiger partial charge in [0.2, 0.25) is 10.0 Å². The van der Waals surface area contributed by atoms with E-state index in [1.165, 1.54) is 6.07 Å². The van der Waals surface area contributed by atoms with Crippen LogP contribution in [0.5, 0.6) is 0 Å². The Morgan fingerprint density at radius 1 is 1.50 bits per heavy atom. The largest absolute Gasteiger partial charge is 0.377 e. The van der Waals surface area contributed by atoms with Crippen molar-refractivity contribution in [2.75, 3.05) is 6.61 Å². The average molecular weight is 319 g/mol. The van der Waals surface area contributed by atoms with E-state index in [1.807, 2.05) is 6.92 Å². The van der Waals surface area contributed by atoms with Gasteiger partial charge < -0.3 is 10.5 Å². The summed E-state index contributed by atoms with van der Waals surface area (Å²) in [6, 6.07) is 4.20. The molecule has 3 atom stereocenters. The molecule has 0 saturated heterocycles. The van der Waals surface area contributed by atoms with Gasteiger partial charge >= 0.3 is 0 Å². The topological polar surface area (TPSA) is 81.4 Å². The van der Waals surface area contributed by atoms with E-state index in [1.54, 1.807) is 19.1 Å². The molecule has 3 unspecified atom stereocenters. The van der Waals surface area contributed by atoms with Crippen LogP contribution in [0.4, 0.5) is 0 Å². The van der Waals surface area contributed by atoms with E-state index in [-0.39, 0.29) is 17.0 Å². The molecule has 1 aliphatic carbocycles. The van der Waals surface area contributed by atoms with Gasteiger partial charge in [0.05, 0.1) is 17.0 Å². The quantitative estimate of drug-likeness (QED) is 0.860. The van der Waals surface area contributed by atoms with Crippen molar-refractivity contribution < 1.29 is 13.2 Å². The molecule has 1 saturated carbocycles. The zero-order valence-corrected chi connectivity index (χ0v) is 13.0. The van der Waals surface area contributed by atoms with Crippen LogP contribution in [-0.2, 0) is 14.8 Å². The third-order valence-electron chi connectivity index (χ3n) is 3.55. The minimum Gasteiger partial charge on any atom is -0.377 e. The van der Waals surface area contributed by atoms with Crippen LogP contribution in [0.3, 0.4) is 0 Å². The molecule has 112 valence electrons. The van der Waals surface area contributed by atoms with Gasteiger partial charge in [-0.05, 0) is 38.0 Å². The van der Waals surface area contributed by atoms with E-state index in [0.717, 1.165) is 0 Å². The van der Waals surface area contributed by atoms with Crippen LogP contribution in [0.1, 0.15) is 18.9 Å². The number of ether oxygens (including phenoxy) is 1. The molecule has 0 bridgehead atoms. The molecule has 7 heteroatoms. The second-order valence-electron chi connectivity index (χ2n) is 4.90. The molecule has 0 radical (unpaired) electrons. The van der Waals surface area contributed by atoms with E-state index in [4.69, 9.17) is 22.1 Å². The maximum atomic E-state index is 12.4. The van der Waals surface area contributed by atoms with Crippen LogP contribution in [0.15, 0.2) is 23.1 Å². The summed E-state index contributed by atoms with van der Waals surface area (Å²) in [6.07, 6.45) is 0.500. The number of hydrogen-bond donors (Lipinski definition) is 2. The summed E-state index contributed by atoms with van der Waals surface area (Å²) in [5.41, 5.74) is 6.39. The van der Waals surface area contributed by atoms with Gasteiger partial charge in [0.25, 0.3) is 0 Å². The predicted octanol–water partition coefficient (Wildman–Crippen LogP) is 1.43. The Bertz CT molecular complexity index is 589. The molecule has 1 fully saturated rings. The highest BCUT2D eigenvalue weighted by Gasteiger charge is 2.42. The molecular weight excluding hydrogens is 300 g/mol. The van der Waals surface area contributed by atoms with E-state index >= 15 is 0 Å². The molecule has 1 aliphatic rings. The lowest BCUT2D eigenvalue weighted by molar-refractivity contribution is -0.0248. The summed E-state index contributed by atoms with van der Waals surface area (Å²) in [5.74, 6) is 0. The predicted molar refractivity (Wildman–Crippen MR) is 78.3 cm³/mol. The smallest absolute Gasteiger partial charge is 0.241 e. The molecule has 0 heterocycles. The minimum absolute atomic E-state index is 0.163. The highest BCUT2D eigenvalue weighted by Crippen LogP contribution is 2.27. The molecule has 1 aromatic carbocycles. The maximum Gasteiger partial charge on any atom is 0.241 e. The van der Waals surface area contributed by atoms with Crippen LogP contribution in [0, 0.1) is 6.92 Å². The van der Waals surface area contributed by atoms with Crippen LogP contribution < -0.4 is 10.5 Å². The molecule has 0 aliphatic heterocycles. The Labute approximate surface area is 124 Å². The van der Waals surface area contributed by atoms with Gasteiger partial charge in [-0.2, -0.15) is 0 Å². The lowest BCUT2D eigenvalue weighted by Crippen LogP contribution is -2.64. The Morgan fingerprint density at radius 3 is 2.80 bits per heavy atom. The van der Waals surface area contributed by atoms with Gasteiger partial charge in [-0.1, -0.05) is 17.7 Å². The lowest BCUT2D eigenvalue weighted by Gasteiger charge is -2.42. The van der Waals surface area contributed by atoms with Crippen LogP contribution in [-0.4, -0.2) is 33.2 Å². The fourth-order valence-electron chi connectivity index (χ4n) is 2.31. The number of sulfonamides is 1. The number of hydrogen-bond acceptors (Lipinski definition) is 4. The van der Waals surface area contributed by atoms with Gasteiger partial charge in [0.1, 0.15) is 0 Å². The minimum atomic E-state index is -3.65. The van der Waals surface area contributed by atoms with Crippen molar-refractivity contribution in [2.24, 2.45) is 5.73 Å². The lowest BCUT2D eigenvalue weighted by atomic mass is 9.84. The third-order valence-corrected chi connectivity index (χ3v) is 5.56.